The molecule has 2 aliphatic rings. The average molecular weight is 390 g/mol. The summed E-state index contributed by atoms with van der Waals surface area (Å²) in [5, 5.41) is 9.25. The standard InChI is InChI=1S/C16H23N3O4S.ClH/c1-17-8-10-18(11-9-17)14-5-4-13(16(20)21)12-15(14)24(22,23)19-6-2-3-7-19;/h4-5,12H,2-3,6-11H2,1H3,(H,20,21);1H. The largest absolute Gasteiger partial charge is 0.478 e. The van der Waals surface area contributed by atoms with E-state index in [2.05, 4.69) is 4.90 Å². The van der Waals surface area contributed by atoms with Crippen LogP contribution in [-0.4, -0.2) is 75.0 Å². The lowest BCUT2D eigenvalue weighted by atomic mass is 10.2. The highest BCUT2D eigenvalue weighted by Crippen LogP contribution is 2.31. The smallest absolute Gasteiger partial charge is 0.335 e. The van der Waals surface area contributed by atoms with E-state index in [-0.39, 0.29) is 22.9 Å². The lowest BCUT2D eigenvalue weighted by molar-refractivity contribution is 0.0696. The molecule has 9 heteroatoms. The van der Waals surface area contributed by atoms with Gasteiger partial charge >= 0.3 is 5.97 Å². The minimum Gasteiger partial charge on any atom is -0.478 e. The van der Waals surface area contributed by atoms with Gasteiger partial charge in [-0.25, -0.2) is 13.2 Å². The highest BCUT2D eigenvalue weighted by Gasteiger charge is 2.32. The number of nitrogens with zero attached hydrogens (tertiary/aromatic N) is 3. The molecule has 1 aromatic rings. The predicted molar refractivity (Wildman–Crippen MR) is 98.4 cm³/mol. The van der Waals surface area contributed by atoms with Gasteiger partial charge in [0, 0.05) is 39.3 Å². The summed E-state index contributed by atoms with van der Waals surface area (Å²) in [4.78, 5) is 15.7. The average Bonchev–Trinajstić information content (AvgIpc) is 3.10. The van der Waals surface area contributed by atoms with E-state index in [0.717, 1.165) is 39.0 Å². The Labute approximate surface area is 154 Å². The Morgan fingerprint density at radius 1 is 1.04 bits per heavy atom. The summed E-state index contributed by atoms with van der Waals surface area (Å²) in [7, 11) is -1.64. The summed E-state index contributed by atoms with van der Waals surface area (Å²) in [6.45, 7) is 4.16. The van der Waals surface area contributed by atoms with Crippen LogP contribution >= 0.6 is 12.4 Å². The molecular weight excluding hydrogens is 366 g/mol. The Hall–Kier alpha value is -1.35. The SMILES string of the molecule is CN1CCN(c2ccc(C(=O)O)cc2S(=O)(=O)N2CCCC2)CC1.Cl. The fraction of sp³-hybridized carbons (Fsp3) is 0.562. The van der Waals surface area contributed by atoms with Crippen LogP contribution in [0.1, 0.15) is 23.2 Å². The highest BCUT2D eigenvalue weighted by atomic mass is 35.5. The van der Waals surface area contributed by atoms with Crippen molar-refractivity contribution in [3.05, 3.63) is 23.8 Å². The molecule has 0 unspecified atom stereocenters. The summed E-state index contributed by atoms with van der Waals surface area (Å²) in [6, 6.07) is 4.43. The molecule has 0 bridgehead atoms. The zero-order valence-corrected chi connectivity index (χ0v) is 15.9. The monoisotopic (exact) mass is 389 g/mol. The minimum atomic E-state index is -3.67. The number of sulfonamides is 1. The number of rotatable bonds is 4. The minimum absolute atomic E-state index is 0. The van der Waals surface area contributed by atoms with E-state index in [4.69, 9.17) is 0 Å². The number of benzene rings is 1. The number of halogens is 1. The van der Waals surface area contributed by atoms with Gasteiger partial charge in [-0.3, -0.25) is 0 Å². The van der Waals surface area contributed by atoms with Gasteiger partial charge < -0.3 is 14.9 Å². The lowest BCUT2D eigenvalue weighted by Crippen LogP contribution is -2.45. The number of carboxylic acid groups (broad SMARTS) is 1. The molecule has 7 nitrogen and oxygen atoms in total. The maximum Gasteiger partial charge on any atom is 0.335 e. The first-order valence-corrected chi connectivity index (χ1v) is 9.64. The number of anilines is 1. The fourth-order valence-corrected chi connectivity index (χ4v) is 4.98. The van der Waals surface area contributed by atoms with Gasteiger partial charge in [-0.1, -0.05) is 0 Å². The van der Waals surface area contributed by atoms with Gasteiger partial charge in [0.25, 0.3) is 0 Å². The molecule has 1 N–H and O–H groups in total. The summed E-state index contributed by atoms with van der Waals surface area (Å²) < 4.78 is 27.5. The molecule has 2 fully saturated rings. The number of likely N-dealkylation sites (N-methyl/N-ethyl adjacent to an activating group) is 1. The first-order valence-electron chi connectivity index (χ1n) is 8.20. The zero-order chi connectivity index (χ0) is 17.3. The fourth-order valence-electron chi connectivity index (χ4n) is 3.23. The number of hydrogen-bond donors (Lipinski definition) is 1. The van der Waals surface area contributed by atoms with E-state index < -0.39 is 16.0 Å². The van der Waals surface area contributed by atoms with Crippen LogP contribution in [0.4, 0.5) is 5.69 Å². The second-order valence-electron chi connectivity index (χ2n) is 6.39. The van der Waals surface area contributed by atoms with Crippen LogP contribution in [0.2, 0.25) is 0 Å². The van der Waals surface area contributed by atoms with E-state index in [1.165, 1.54) is 16.4 Å². The molecule has 1 aromatic carbocycles. The van der Waals surface area contributed by atoms with Crippen molar-refractivity contribution in [2.75, 3.05) is 51.2 Å². The Balaban J connectivity index is 0.00000225. The Bertz CT molecular complexity index is 727. The van der Waals surface area contributed by atoms with E-state index in [0.29, 0.717) is 18.8 Å². The third kappa shape index (κ3) is 4.08. The van der Waals surface area contributed by atoms with Gasteiger partial charge in [0.05, 0.1) is 11.3 Å². The molecule has 0 aromatic heterocycles. The second kappa shape index (κ2) is 7.90. The van der Waals surface area contributed by atoms with Gasteiger partial charge in [0.15, 0.2) is 0 Å². The van der Waals surface area contributed by atoms with Crippen LogP contribution in [0.5, 0.6) is 0 Å². The highest BCUT2D eigenvalue weighted by molar-refractivity contribution is 7.89. The van der Waals surface area contributed by atoms with Crippen molar-refractivity contribution >= 4 is 34.1 Å². The number of carboxylic acids is 1. The molecule has 140 valence electrons. The molecule has 25 heavy (non-hydrogen) atoms. The molecule has 0 saturated carbocycles. The van der Waals surface area contributed by atoms with Crippen molar-refractivity contribution in [2.45, 2.75) is 17.7 Å². The lowest BCUT2D eigenvalue weighted by Gasteiger charge is -2.35. The second-order valence-corrected chi connectivity index (χ2v) is 8.30. The molecule has 0 amide bonds. The first kappa shape index (κ1) is 20.0. The van der Waals surface area contributed by atoms with Crippen molar-refractivity contribution in [1.82, 2.24) is 9.21 Å². The number of aromatic carboxylic acids is 1. The number of hydrogen-bond acceptors (Lipinski definition) is 5. The Kier molecular flexibility index (Phi) is 6.31. The third-order valence-electron chi connectivity index (χ3n) is 4.73. The third-order valence-corrected chi connectivity index (χ3v) is 6.66. The molecule has 0 atom stereocenters. The topological polar surface area (TPSA) is 81.2 Å². The van der Waals surface area contributed by atoms with Crippen LogP contribution in [0.25, 0.3) is 0 Å². The zero-order valence-electron chi connectivity index (χ0n) is 14.2. The first-order chi connectivity index (χ1) is 11.4. The quantitative estimate of drug-likeness (QED) is 0.837. The van der Waals surface area contributed by atoms with Gasteiger partial charge in [0.1, 0.15) is 4.90 Å². The number of piperazine rings is 1. The molecule has 3 rings (SSSR count). The van der Waals surface area contributed by atoms with Crippen LogP contribution in [0.15, 0.2) is 23.1 Å². The van der Waals surface area contributed by atoms with E-state index in [1.807, 2.05) is 11.9 Å². The normalized spacial score (nSPS) is 19.6. The van der Waals surface area contributed by atoms with Crippen molar-refractivity contribution < 1.29 is 18.3 Å². The van der Waals surface area contributed by atoms with Crippen LogP contribution in [0.3, 0.4) is 0 Å². The summed E-state index contributed by atoms with van der Waals surface area (Å²) in [6.07, 6.45) is 1.70. The molecule has 0 aliphatic carbocycles. The number of carbonyl (C=O) groups is 1. The van der Waals surface area contributed by atoms with E-state index in [9.17, 15) is 18.3 Å². The van der Waals surface area contributed by atoms with Gasteiger partial charge in [-0.2, -0.15) is 4.31 Å². The molecular formula is C16H24ClN3O4S. The van der Waals surface area contributed by atoms with Crippen molar-refractivity contribution in [2.24, 2.45) is 0 Å². The van der Waals surface area contributed by atoms with E-state index >= 15 is 0 Å². The van der Waals surface area contributed by atoms with Gasteiger partial charge in [-0.15, -0.1) is 12.4 Å². The van der Waals surface area contributed by atoms with Crippen molar-refractivity contribution in [3.8, 4) is 0 Å². The summed E-state index contributed by atoms with van der Waals surface area (Å²) in [5.74, 6) is -1.11. The predicted octanol–water partition coefficient (Wildman–Crippen LogP) is 1.34. The van der Waals surface area contributed by atoms with Gasteiger partial charge in [-0.05, 0) is 38.1 Å². The molecule has 2 saturated heterocycles. The molecule has 2 aliphatic heterocycles. The van der Waals surface area contributed by atoms with Crippen LogP contribution < -0.4 is 4.90 Å². The van der Waals surface area contributed by atoms with Crippen molar-refractivity contribution in [1.29, 1.82) is 0 Å². The van der Waals surface area contributed by atoms with Crippen molar-refractivity contribution in [3.63, 3.8) is 0 Å². The van der Waals surface area contributed by atoms with Crippen LogP contribution in [0, 0.1) is 0 Å². The molecule has 0 spiro atoms. The molecule has 0 radical (unpaired) electrons. The molecule has 2 heterocycles. The Morgan fingerprint density at radius 2 is 1.64 bits per heavy atom. The Morgan fingerprint density at radius 3 is 2.20 bits per heavy atom. The van der Waals surface area contributed by atoms with E-state index in [1.54, 1.807) is 6.07 Å². The summed E-state index contributed by atoms with van der Waals surface area (Å²) >= 11 is 0. The van der Waals surface area contributed by atoms with Crippen LogP contribution in [-0.2, 0) is 10.0 Å². The summed E-state index contributed by atoms with van der Waals surface area (Å²) in [5.41, 5.74) is 0.616. The maximum absolute atomic E-state index is 13.0. The van der Waals surface area contributed by atoms with Gasteiger partial charge in [0.2, 0.25) is 10.0 Å². The maximum atomic E-state index is 13.0.